The van der Waals surface area contributed by atoms with E-state index >= 15 is 0 Å². The van der Waals surface area contributed by atoms with E-state index in [9.17, 15) is 18.3 Å². The number of hydrogen-bond donors (Lipinski definition) is 1. The molecule has 2 aliphatic rings. The molecule has 1 heterocycles. The molecule has 19 heavy (non-hydrogen) atoms. The van der Waals surface area contributed by atoms with Crippen molar-refractivity contribution in [2.75, 3.05) is 6.61 Å². The Bertz CT molecular complexity index is 590. The number of halogens is 3. The first kappa shape index (κ1) is 12.3. The Morgan fingerprint density at radius 3 is 2.84 bits per heavy atom. The number of hydrogen-bond acceptors (Lipinski definition) is 2. The van der Waals surface area contributed by atoms with Gasteiger partial charge in [0.05, 0.1) is 5.92 Å². The average molecular weight is 268 g/mol. The summed E-state index contributed by atoms with van der Waals surface area (Å²) in [5.74, 6) is -6.02. The highest BCUT2D eigenvalue weighted by Crippen LogP contribution is 2.42. The topological polar surface area (TPSA) is 29.5 Å². The molecule has 1 N–H and O–H groups in total. The van der Waals surface area contributed by atoms with Crippen molar-refractivity contribution in [3.05, 3.63) is 53.1 Å². The molecule has 0 bridgehead atoms. The Labute approximate surface area is 107 Å². The van der Waals surface area contributed by atoms with Crippen LogP contribution < -0.4 is 4.74 Å². The van der Waals surface area contributed by atoms with Crippen molar-refractivity contribution in [2.24, 2.45) is 5.92 Å². The first-order valence-corrected chi connectivity index (χ1v) is 5.88. The van der Waals surface area contributed by atoms with Gasteiger partial charge in [0, 0.05) is 5.56 Å². The molecular weight excluding hydrogens is 257 g/mol. The average Bonchev–Trinajstić information content (AvgIpc) is 2.55. The molecule has 0 radical (unpaired) electrons. The Kier molecular flexibility index (Phi) is 2.67. The predicted molar refractivity (Wildman–Crippen MR) is 62.4 cm³/mol. The summed E-state index contributed by atoms with van der Waals surface area (Å²) in [4.78, 5) is 0. The summed E-state index contributed by atoms with van der Waals surface area (Å²) in [5.41, 5.74) is 1.04. The second kappa shape index (κ2) is 4.13. The van der Waals surface area contributed by atoms with Gasteiger partial charge in [-0.2, -0.15) is 0 Å². The highest BCUT2D eigenvalue weighted by atomic mass is 19.2. The zero-order valence-electron chi connectivity index (χ0n) is 9.87. The van der Waals surface area contributed by atoms with Crippen LogP contribution in [0, 0.1) is 11.7 Å². The van der Waals surface area contributed by atoms with Crippen molar-refractivity contribution in [1.82, 2.24) is 0 Å². The third-order valence-corrected chi connectivity index (χ3v) is 3.53. The summed E-state index contributed by atoms with van der Waals surface area (Å²) in [6, 6.07) is 4.43. The van der Waals surface area contributed by atoms with Crippen molar-refractivity contribution >= 4 is 0 Å². The van der Waals surface area contributed by atoms with Gasteiger partial charge in [0.2, 0.25) is 0 Å². The smallest absolute Gasteiger partial charge is 0.269 e. The largest absolute Gasteiger partial charge is 0.489 e. The van der Waals surface area contributed by atoms with Gasteiger partial charge in [-0.15, -0.1) is 0 Å². The molecule has 0 fully saturated rings. The third kappa shape index (κ3) is 1.85. The zero-order chi connectivity index (χ0) is 13.6. The number of aliphatic hydroxyl groups is 1. The van der Waals surface area contributed by atoms with E-state index < -0.39 is 23.4 Å². The molecule has 2 atom stereocenters. The SMILES string of the molecule is OC1(F)C(F)=CC=C2Cc3cccc(F)c3OCC21. The van der Waals surface area contributed by atoms with Crippen molar-refractivity contribution < 1.29 is 23.0 Å². The molecule has 2 nitrogen and oxygen atoms in total. The predicted octanol–water partition coefficient (Wildman–Crippen LogP) is 2.83. The fourth-order valence-electron chi connectivity index (χ4n) is 2.47. The molecule has 0 spiro atoms. The number of ether oxygens (including phenoxy) is 1. The van der Waals surface area contributed by atoms with Gasteiger partial charge in [0.1, 0.15) is 6.61 Å². The fraction of sp³-hybridized carbons (Fsp3) is 0.286. The summed E-state index contributed by atoms with van der Waals surface area (Å²) in [7, 11) is 0. The highest BCUT2D eigenvalue weighted by molar-refractivity contribution is 5.43. The normalized spacial score (nSPS) is 29.4. The lowest BCUT2D eigenvalue weighted by atomic mass is 9.84. The van der Waals surface area contributed by atoms with Gasteiger partial charge in [0.25, 0.3) is 5.85 Å². The zero-order valence-corrected chi connectivity index (χ0v) is 9.87. The van der Waals surface area contributed by atoms with Crippen LogP contribution in [-0.4, -0.2) is 17.6 Å². The molecule has 0 aromatic heterocycles. The van der Waals surface area contributed by atoms with E-state index in [1.165, 1.54) is 18.2 Å². The number of fused-ring (bicyclic) bond motifs is 2. The van der Waals surface area contributed by atoms with Gasteiger partial charge >= 0.3 is 0 Å². The van der Waals surface area contributed by atoms with Crippen LogP contribution in [-0.2, 0) is 6.42 Å². The maximum absolute atomic E-state index is 14.0. The Morgan fingerprint density at radius 1 is 1.26 bits per heavy atom. The van der Waals surface area contributed by atoms with Gasteiger partial charge < -0.3 is 9.84 Å². The first-order valence-electron chi connectivity index (χ1n) is 5.88. The standard InChI is InChI=1S/C14H11F3O2/c15-11-3-1-2-9-6-8-4-5-12(16)14(17,18)10(8)7-19-13(9)11/h1-5,10,18H,6-7H2. The lowest BCUT2D eigenvalue weighted by Gasteiger charge is -2.30. The first-order chi connectivity index (χ1) is 9.00. The molecule has 1 aliphatic carbocycles. The van der Waals surface area contributed by atoms with E-state index in [0.717, 1.165) is 6.08 Å². The van der Waals surface area contributed by atoms with Crippen molar-refractivity contribution in [3.8, 4) is 5.75 Å². The molecular formula is C14H11F3O2. The van der Waals surface area contributed by atoms with Gasteiger partial charge in [-0.25, -0.2) is 13.2 Å². The Balaban J connectivity index is 2.05. The van der Waals surface area contributed by atoms with Gasteiger partial charge in [-0.05, 0) is 18.6 Å². The molecule has 1 aliphatic heterocycles. The number of para-hydroxylation sites is 1. The molecule has 2 unspecified atom stereocenters. The van der Waals surface area contributed by atoms with Crippen LogP contribution in [0.4, 0.5) is 13.2 Å². The minimum Gasteiger partial charge on any atom is -0.489 e. The molecule has 3 rings (SSSR count). The van der Waals surface area contributed by atoms with E-state index in [2.05, 4.69) is 0 Å². The summed E-state index contributed by atoms with van der Waals surface area (Å²) in [6.45, 7) is -0.311. The molecule has 0 amide bonds. The maximum atomic E-state index is 14.0. The van der Waals surface area contributed by atoms with Crippen molar-refractivity contribution in [3.63, 3.8) is 0 Å². The summed E-state index contributed by atoms with van der Waals surface area (Å²) >= 11 is 0. The van der Waals surface area contributed by atoms with E-state index in [4.69, 9.17) is 4.74 Å². The number of rotatable bonds is 0. The molecule has 100 valence electrons. The van der Waals surface area contributed by atoms with Crippen LogP contribution in [0.2, 0.25) is 0 Å². The van der Waals surface area contributed by atoms with Crippen LogP contribution in [0.15, 0.2) is 41.8 Å². The van der Waals surface area contributed by atoms with Gasteiger partial charge in [-0.1, -0.05) is 23.8 Å². The van der Waals surface area contributed by atoms with Crippen molar-refractivity contribution in [1.29, 1.82) is 0 Å². The summed E-state index contributed by atoms with van der Waals surface area (Å²) < 4.78 is 46.2. The number of benzene rings is 1. The Hall–Kier alpha value is -1.75. The third-order valence-electron chi connectivity index (χ3n) is 3.53. The van der Waals surface area contributed by atoms with E-state index in [1.807, 2.05) is 0 Å². The Morgan fingerprint density at radius 2 is 2.05 bits per heavy atom. The van der Waals surface area contributed by atoms with Gasteiger partial charge in [-0.3, -0.25) is 0 Å². The quantitative estimate of drug-likeness (QED) is 0.784. The number of alkyl halides is 1. The second-order valence-electron chi connectivity index (χ2n) is 4.70. The molecule has 5 heteroatoms. The van der Waals surface area contributed by atoms with Gasteiger partial charge in [0.15, 0.2) is 17.4 Å². The van der Waals surface area contributed by atoms with Crippen LogP contribution >= 0.6 is 0 Å². The van der Waals surface area contributed by atoms with Crippen LogP contribution in [0.5, 0.6) is 5.75 Å². The maximum Gasteiger partial charge on any atom is 0.269 e. The second-order valence-corrected chi connectivity index (χ2v) is 4.70. The monoisotopic (exact) mass is 268 g/mol. The summed E-state index contributed by atoms with van der Waals surface area (Å²) in [5, 5.41) is 9.59. The molecule has 1 aromatic rings. The molecule has 0 saturated carbocycles. The van der Waals surface area contributed by atoms with Crippen LogP contribution in [0.25, 0.3) is 0 Å². The number of allylic oxidation sites excluding steroid dienone is 2. The van der Waals surface area contributed by atoms with E-state index in [-0.39, 0.29) is 18.8 Å². The minimum atomic E-state index is -3.09. The van der Waals surface area contributed by atoms with Crippen LogP contribution in [0.3, 0.4) is 0 Å². The lowest BCUT2D eigenvalue weighted by molar-refractivity contribution is -0.116. The van der Waals surface area contributed by atoms with E-state index in [0.29, 0.717) is 11.1 Å². The lowest BCUT2D eigenvalue weighted by Crippen LogP contribution is -2.40. The fourth-order valence-corrected chi connectivity index (χ4v) is 2.47. The highest BCUT2D eigenvalue weighted by Gasteiger charge is 2.47. The minimum absolute atomic E-state index is 0.0361. The van der Waals surface area contributed by atoms with Crippen LogP contribution in [0.1, 0.15) is 5.56 Å². The molecule has 0 saturated heterocycles. The summed E-state index contributed by atoms with van der Waals surface area (Å²) in [6.07, 6.45) is 2.53. The van der Waals surface area contributed by atoms with Crippen molar-refractivity contribution in [2.45, 2.75) is 12.3 Å². The molecule has 1 aromatic carbocycles. The van der Waals surface area contributed by atoms with E-state index in [1.54, 1.807) is 6.07 Å².